The summed E-state index contributed by atoms with van der Waals surface area (Å²) in [5.74, 6) is -0.0714. The number of hydrogen-bond acceptors (Lipinski definition) is 5. The molecule has 142 valence electrons. The first-order valence-electron chi connectivity index (χ1n) is 8.05. The fourth-order valence-corrected chi connectivity index (χ4v) is 3.25. The van der Waals surface area contributed by atoms with Gasteiger partial charge in [-0.15, -0.1) is 0 Å². The molecule has 1 aromatic heterocycles. The largest absolute Gasteiger partial charge is 0.378 e. The van der Waals surface area contributed by atoms with E-state index in [4.69, 9.17) is 11.6 Å². The highest BCUT2D eigenvalue weighted by molar-refractivity contribution is 7.88. The molecular weight excluding hydrogens is 376 g/mol. The van der Waals surface area contributed by atoms with Crippen molar-refractivity contribution in [2.75, 3.05) is 12.4 Å². The number of nitrogens with one attached hydrogen (secondary N) is 2. The van der Waals surface area contributed by atoms with E-state index in [2.05, 4.69) is 15.1 Å². The number of hydrogen-bond donors (Lipinski definition) is 2. The van der Waals surface area contributed by atoms with Crippen LogP contribution in [0.4, 0.5) is 5.69 Å². The SMILES string of the molecule is CNS(=O)(=O)Cc1ccc(CNc2cnn(C(C)(C)C)c(=O)c2Cl)cc1. The number of anilines is 1. The van der Waals surface area contributed by atoms with Crippen LogP contribution in [0.15, 0.2) is 35.3 Å². The van der Waals surface area contributed by atoms with E-state index in [-0.39, 0.29) is 16.3 Å². The molecule has 1 heterocycles. The normalized spacial score (nSPS) is 12.2. The van der Waals surface area contributed by atoms with Gasteiger partial charge in [0.1, 0.15) is 5.02 Å². The number of halogens is 1. The molecule has 1 aromatic carbocycles. The highest BCUT2D eigenvalue weighted by Crippen LogP contribution is 2.19. The maximum absolute atomic E-state index is 12.3. The molecule has 9 heteroatoms. The lowest BCUT2D eigenvalue weighted by molar-refractivity contribution is 0.338. The van der Waals surface area contributed by atoms with Crippen LogP contribution in [-0.4, -0.2) is 25.2 Å². The van der Waals surface area contributed by atoms with E-state index < -0.39 is 15.6 Å². The van der Waals surface area contributed by atoms with Gasteiger partial charge in [-0.1, -0.05) is 35.9 Å². The second-order valence-electron chi connectivity index (χ2n) is 6.89. The van der Waals surface area contributed by atoms with Crippen LogP contribution in [0.2, 0.25) is 5.02 Å². The van der Waals surface area contributed by atoms with Gasteiger partial charge in [0, 0.05) is 6.54 Å². The van der Waals surface area contributed by atoms with E-state index in [0.717, 1.165) is 5.56 Å². The first-order chi connectivity index (χ1) is 12.0. The van der Waals surface area contributed by atoms with E-state index >= 15 is 0 Å². The van der Waals surface area contributed by atoms with Crippen LogP contribution in [0.25, 0.3) is 0 Å². The summed E-state index contributed by atoms with van der Waals surface area (Å²) >= 11 is 6.18. The van der Waals surface area contributed by atoms with Gasteiger partial charge >= 0.3 is 0 Å². The summed E-state index contributed by atoms with van der Waals surface area (Å²) in [6, 6.07) is 7.16. The molecule has 0 saturated heterocycles. The number of benzene rings is 1. The maximum Gasteiger partial charge on any atom is 0.288 e. The monoisotopic (exact) mass is 398 g/mol. The van der Waals surface area contributed by atoms with E-state index in [1.165, 1.54) is 17.9 Å². The van der Waals surface area contributed by atoms with Gasteiger partial charge in [0.05, 0.1) is 23.2 Å². The second-order valence-corrected chi connectivity index (χ2v) is 9.20. The standard InChI is InChI=1S/C17H23ClN4O3S/c1-17(2,3)22-16(23)15(18)14(10-21-22)20-9-12-5-7-13(8-6-12)11-26(24,25)19-4/h5-8,10,19-20H,9,11H2,1-4H3. The van der Waals surface area contributed by atoms with Crippen molar-refractivity contribution in [1.82, 2.24) is 14.5 Å². The molecule has 2 rings (SSSR count). The summed E-state index contributed by atoms with van der Waals surface area (Å²) in [4.78, 5) is 12.3. The highest BCUT2D eigenvalue weighted by Gasteiger charge is 2.19. The Morgan fingerprint density at radius 3 is 2.27 bits per heavy atom. The van der Waals surface area contributed by atoms with Gasteiger partial charge in [-0.3, -0.25) is 4.79 Å². The molecule has 0 radical (unpaired) electrons. The Hall–Kier alpha value is -1.90. The molecule has 0 amide bonds. The molecule has 7 nitrogen and oxygen atoms in total. The number of aromatic nitrogens is 2. The van der Waals surface area contributed by atoms with Gasteiger partial charge in [-0.25, -0.2) is 17.8 Å². The van der Waals surface area contributed by atoms with Crippen LogP contribution in [-0.2, 0) is 27.9 Å². The molecule has 0 aliphatic rings. The van der Waals surface area contributed by atoms with Crippen molar-refractivity contribution in [3.8, 4) is 0 Å². The molecule has 0 aliphatic carbocycles. The van der Waals surface area contributed by atoms with Crippen LogP contribution in [0, 0.1) is 0 Å². The number of sulfonamides is 1. The summed E-state index contributed by atoms with van der Waals surface area (Å²) in [7, 11) is -1.91. The molecule has 0 bridgehead atoms. The molecular formula is C17H23ClN4O3S. The van der Waals surface area contributed by atoms with Crippen LogP contribution in [0.5, 0.6) is 0 Å². The van der Waals surface area contributed by atoms with E-state index in [1.807, 2.05) is 32.9 Å². The molecule has 0 atom stereocenters. The molecule has 0 spiro atoms. The van der Waals surface area contributed by atoms with Crippen molar-refractivity contribution >= 4 is 27.3 Å². The van der Waals surface area contributed by atoms with Gasteiger partial charge < -0.3 is 5.32 Å². The van der Waals surface area contributed by atoms with Crippen molar-refractivity contribution in [2.45, 2.75) is 38.6 Å². The smallest absolute Gasteiger partial charge is 0.288 e. The lowest BCUT2D eigenvalue weighted by Gasteiger charge is -2.21. The van der Waals surface area contributed by atoms with Gasteiger partial charge in [0.15, 0.2) is 0 Å². The van der Waals surface area contributed by atoms with Crippen molar-refractivity contribution < 1.29 is 8.42 Å². The minimum absolute atomic E-state index is 0.0714. The summed E-state index contributed by atoms with van der Waals surface area (Å²) in [5, 5.41) is 7.35. The summed E-state index contributed by atoms with van der Waals surface area (Å²) in [6.07, 6.45) is 1.53. The molecule has 2 N–H and O–H groups in total. The molecule has 0 aliphatic heterocycles. The van der Waals surface area contributed by atoms with Crippen LogP contribution < -0.4 is 15.6 Å². The van der Waals surface area contributed by atoms with Gasteiger partial charge in [0.2, 0.25) is 10.0 Å². The van der Waals surface area contributed by atoms with Crippen molar-refractivity contribution in [3.63, 3.8) is 0 Å². The second kappa shape index (κ2) is 7.77. The Labute approximate surface area is 158 Å². The average molecular weight is 399 g/mol. The summed E-state index contributed by atoms with van der Waals surface area (Å²) in [6.45, 7) is 6.06. The van der Waals surface area contributed by atoms with Crippen LogP contribution >= 0.6 is 11.6 Å². The Morgan fingerprint density at radius 2 is 1.73 bits per heavy atom. The van der Waals surface area contributed by atoms with Crippen LogP contribution in [0.3, 0.4) is 0 Å². The molecule has 0 saturated carbocycles. The van der Waals surface area contributed by atoms with Crippen molar-refractivity contribution in [3.05, 3.63) is 57.0 Å². The molecule has 2 aromatic rings. The molecule has 26 heavy (non-hydrogen) atoms. The predicted octanol–water partition coefficient (Wildman–Crippen LogP) is 2.31. The number of nitrogens with zero attached hydrogens (tertiary/aromatic N) is 2. The summed E-state index contributed by atoms with van der Waals surface area (Å²) in [5.41, 5.74) is 1.26. The minimum atomic E-state index is -3.30. The lowest BCUT2D eigenvalue weighted by Crippen LogP contribution is -2.36. The highest BCUT2D eigenvalue weighted by atomic mass is 35.5. The minimum Gasteiger partial charge on any atom is -0.378 e. The predicted molar refractivity (Wildman–Crippen MR) is 104 cm³/mol. The third-order valence-electron chi connectivity index (χ3n) is 3.73. The fourth-order valence-electron chi connectivity index (χ4n) is 2.28. The third-order valence-corrected chi connectivity index (χ3v) is 5.43. The van der Waals surface area contributed by atoms with E-state index in [0.29, 0.717) is 17.8 Å². The first-order valence-corrected chi connectivity index (χ1v) is 10.1. The molecule has 0 fully saturated rings. The zero-order valence-electron chi connectivity index (χ0n) is 15.2. The molecule has 0 unspecified atom stereocenters. The first kappa shape index (κ1) is 20.4. The third kappa shape index (κ3) is 5.06. The van der Waals surface area contributed by atoms with Crippen LogP contribution in [0.1, 0.15) is 31.9 Å². The zero-order valence-corrected chi connectivity index (χ0v) is 16.8. The Kier molecular flexibility index (Phi) is 6.10. The topological polar surface area (TPSA) is 93.1 Å². The number of rotatable bonds is 6. The maximum atomic E-state index is 12.3. The van der Waals surface area contributed by atoms with E-state index in [9.17, 15) is 13.2 Å². The Bertz CT molecular complexity index is 932. The summed E-state index contributed by atoms with van der Waals surface area (Å²) < 4.78 is 26.7. The van der Waals surface area contributed by atoms with E-state index in [1.54, 1.807) is 12.1 Å². The van der Waals surface area contributed by atoms with Gasteiger partial charge in [-0.05, 0) is 38.9 Å². The Morgan fingerprint density at radius 1 is 1.15 bits per heavy atom. The van der Waals surface area contributed by atoms with Gasteiger partial charge in [-0.2, -0.15) is 5.10 Å². The average Bonchev–Trinajstić information content (AvgIpc) is 2.56. The Balaban J connectivity index is 2.10. The van der Waals surface area contributed by atoms with Crippen molar-refractivity contribution in [2.24, 2.45) is 0 Å². The fraction of sp³-hybridized carbons (Fsp3) is 0.412. The lowest BCUT2D eigenvalue weighted by atomic mass is 10.1. The zero-order chi connectivity index (χ0) is 19.5. The van der Waals surface area contributed by atoms with Crippen molar-refractivity contribution in [1.29, 1.82) is 0 Å². The quantitative estimate of drug-likeness (QED) is 0.778. The van der Waals surface area contributed by atoms with Gasteiger partial charge in [0.25, 0.3) is 5.56 Å².